The van der Waals surface area contributed by atoms with Crippen molar-refractivity contribution in [2.45, 2.75) is 45.1 Å². The van der Waals surface area contributed by atoms with E-state index in [1.54, 1.807) is 14.0 Å². The second-order valence-corrected chi connectivity index (χ2v) is 6.56. The predicted octanol–water partition coefficient (Wildman–Crippen LogP) is 1.84. The molecule has 0 aromatic carbocycles. The Labute approximate surface area is 135 Å². The van der Waals surface area contributed by atoms with Crippen molar-refractivity contribution in [2.24, 2.45) is 13.0 Å². The molecule has 0 bridgehead atoms. The fraction of sp³-hybridized carbons (Fsp3) is 0.733. The smallest absolute Gasteiger partial charge is 0.333 e. The van der Waals surface area contributed by atoms with Crippen molar-refractivity contribution in [1.82, 2.24) is 14.7 Å². The van der Waals surface area contributed by atoms with E-state index in [0.717, 1.165) is 38.6 Å². The molecule has 1 unspecified atom stereocenters. The number of carbonyl (C=O) groups excluding carboxylic acids is 1. The number of aromatic nitrogens is 2. The van der Waals surface area contributed by atoms with Gasteiger partial charge in [0.25, 0.3) is 0 Å². The van der Waals surface area contributed by atoms with Crippen LogP contribution in [0.3, 0.4) is 0 Å². The number of hydrogen-bond acceptors (Lipinski definition) is 5. The van der Waals surface area contributed by atoms with E-state index >= 15 is 0 Å². The number of nitrogens with zero attached hydrogens (tertiary/aromatic N) is 4. The van der Waals surface area contributed by atoms with Crippen LogP contribution in [0.2, 0.25) is 0 Å². The maximum Gasteiger partial charge on any atom is 0.333 e. The third-order valence-electron chi connectivity index (χ3n) is 4.92. The Kier molecular flexibility index (Phi) is 4.23. The molecule has 2 heterocycles. The van der Waals surface area contributed by atoms with Gasteiger partial charge in [0.2, 0.25) is 11.7 Å². The molecule has 1 aromatic heterocycles. The molecule has 8 nitrogen and oxygen atoms in total. The van der Waals surface area contributed by atoms with Crippen LogP contribution in [0.4, 0.5) is 11.5 Å². The molecule has 2 aliphatic rings. The zero-order valence-corrected chi connectivity index (χ0v) is 13.6. The second-order valence-electron chi connectivity index (χ2n) is 6.56. The highest BCUT2D eigenvalue weighted by atomic mass is 16.6. The lowest BCUT2D eigenvalue weighted by Crippen LogP contribution is -2.35. The molecule has 1 N–H and O–H groups in total. The second kappa shape index (κ2) is 6.17. The molecule has 2 fully saturated rings. The van der Waals surface area contributed by atoms with Crippen LogP contribution in [0, 0.1) is 23.0 Å². The molecule has 1 saturated carbocycles. The number of hydrogen-bond donors (Lipinski definition) is 1. The summed E-state index contributed by atoms with van der Waals surface area (Å²) >= 11 is 0. The minimum absolute atomic E-state index is 0.0214. The van der Waals surface area contributed by atoms with Crippen LogP contribution in [0.15, 0.2) is 0 Å². The maximum atomic E-state index is 12.5. The van der Waals surface area contributed by atoms with Crippen molar-refractivity contribution in [3.63, 3.8) is 0 Å². The van der Waals surface area contributed by atoms with Crippen molar-refractivity contribution < 1.29 is 9.72 Å². The fourth-order valence-electron chi connectivity index (χ4n) is 3.73. The number of nitrogens with one attached hydrogen (secondary N) is 1. The van der Waals surface area contributed by atoms with E-state index in [0.29, 0.717) is 18.1 Å². The van der Waals surface area contributed by atoms with Gasteiger partial charge in [-0.3, -0.25) is 14.9 Å². The first kappa shape index (κ1) is 15.8. The van der Waals surface area contributed by atoms with E-state index in [9.17, 15) is 14.9 Å². The largest absolute Gasteiger partial charge is 0.360 e. The van der Waals surface area contributed by atoms with Crippen LogP contribution in [-0.2, 0) is 11.8 Å². The summed E-state index contributed by atoms with van der Waals surface area (Å²) in [6.45, 7) is 2.96. The van der Waals surface area contributed by atoms with Crippen LogP contribution in [0.1, 0.15) is 37.8 Å². The van der Waals surface area contributed by atoms with Crippen LogP contribution >= 0.6 is 0 Å². The highest BCUT2D eigenvalue weighted by molar-refractivity contribution is 5.79. The Morgan fingerprint density at radius 2 is 2.04 bits per heavy atom. The molecule has 8 heteroatoms. The topological polar surface area (TPSA) is 93.3 Å². The number of rotatable bonds is 4. The molecule has 1 saturated heterocycles. The maximum absolute atomic E-state index is 12.5. The van der Waals surface area contributed by atoms with Crippen molar-refractivity contribution in [3.05, 3.63) is 15.8 Å². The lowest BCUT2D eigenvalue weighted by atomic mass is 10.1. The Morgan fingerprint density at radius 3 is 2.70 bits per heavy atom. The van der Waals surface area contributed by atoms with Gasteiger partial charge < -0.3 is 10.2 Å². The van der Waals surface area contributed by atoms with Crippen LogP contribution in [0.25, 0.3) is 0 Å². The van der Waals surface area contributed by atoms with Gasteiger partial charge in [0.05, 0.1) is 4.92 Å². The number of amides is 1. The lowest BCUT2D eigenvalue weighted by Gasteiger charge is -2.20. The van der Waals surface area contributed by atoms with Gasteiger partial charge in [0, 0.05) is 32.1 Å². The SMILES string of the molecule is Cc1nn(C)c(NC2CCN(C(=O)C3CCCC3)C2)c1[N+](=O)[O-]. The lowest BCUT2D eigenvalue weighted by molar-refractivity contribution is -0.384. The third kappa shape index (κ3) is 3.02. The average Bonchev–Trinajstić information content (AvgIpc) is 3.20. The summed E-state index contributed by atoms with van der Waals surface area (Å²) in [5.41, 5.74) is 0.421. The Morgan fingerprint density at radius 1 is 1.35 bits per heavy atom. The van der Waals surface area contributed by atoms with Crippen molar-refractivity contribution in [1.29, 1.82) is 0 Å². The summed E-state index contributed by atoms with van der Waals surface area (Å²) in [4.78, 5) is 25.2. The zero-order valence-electron chi connectivity index (χ0n) is 13.6. The minimum atomic E-state index is -0.402. The predicted molar refractivity (Wildman–Crippen MR) is 85.2 cm³/mol. The van der Waals surface area contributed by atoms with Gasteiger partial charge in [-0.2, -0.15) is 5.10 Å². The number of nitro groups is 1. The Balaban J connectivity index is 1.66. The van der Waals surface area contributed by atoms with Crippen molar-refractivity contribution in [3.8, 4) is 0 Å². The molecular weight excluding hydrogens is 298 g/mol. The van der Waals surface area contributed by atoms with Gasteiger partial charge in [0.15, 0.2) is 0 Å². The van der Waals surface area contributed by atoms with E-state index in [2.05, 4.69) is 10.4 Å². The van der Waals surface area contributed by atoms with Gasteiger partial charge in [-0.25, -0.2) is 4.68 Å². The fourth-order valence-corrected chi connectivity index (χ4v) is 3.73. The van der Waals surface area contributed by atoms with E-state index in [4.69, 9.17) is 0 Å². The number of aryl methyl sites for hydroxylation is 2. The molecule has 0 spiro atoms. The van der Waals surface area contributed by atoms with E-state index in [1.165, 1.54) is 4.68 Å². The molecule has 126 valence electrons. The number of carbonyl (C=O) groups is 1. The van der Waals surface area contributed by atoms with Crippen molar-refractivity contribution in [2.75, 3.05) is 18.4 Å². The Hall–Kier alpha value is -2.12. The summed E-state index contributed by atoms with van der Waals surface area (Å²) in [5.74, 6) is 0.859. The molecule has 1 aliphatic carbocycles. The molecule has 1 amide bonds. The van der Waals surface area contributed by atoms with Gasteiger partial charge in [-0.05, 0) is 26.2 Å². The summed E-state index contributed by atoms with van der Waals surface area (Å²) < 4.78 is 1.51. The quantitative estimate of drug-likeness (QED) is 0.674. The standard InChI is InChI=1S/C15H23N5O3/c1-10-13(20(22)23)14(18(2)17-10)16-12-7-8-19(9-12)15(21)11-5-3-4-6-11/h11-12,16H,3-9H2,1-2H3. The zero-order chi connectivity index (χ0) is 16.6. The molecule has 1 aromatic rings. The molecule has 3 rings (SSSR count). The normalized spacial score (nSPS) is 21.8. The van der Waals surface area contributed by atoms with Crippen LogP contribution in [-0.4, -0.2) is 44.6 Å². The van der Waals surface area contributed by atoms with Gasteiger partial charge >= 0.3 is 5.69 Å². The van der Waals surface area contributed by atoms with Gasteiger partial charge in [-0.15, -0.1) is 0 Å². The Bertz CT molecular complexity index is 621. The van der Waals surface area contributed by atoms with E-state index in [-0.39, 0.29) is 23.6 Å². The first-order chi connectivity index (χ1) is 11.0. The molecule has 1 atom stereocenters. The summed E-state index contributed by atoms with van der Waals surface area (Å²) in [7, 11) is 1.69. The number of likely N-dealkylation sites (tertiary alicyclic amines) is 1. The van der Waals surface area contributed by atoms with Crippen LogP contribution in [0.5, 0.6) is 0 Å². The monoisotopic (exact) mass is 321 g/mol. The van der Waals surface area contributed by atoms with Crippen molar-refractivity contribution >= 4 is 17.4 Å². The summed E-state index contributed by atoms with van der Waals surface area (Å²) in [6.07, 6.45) is 5.10. The van der Waals surface area contributed by atoms with E-state index in [1.807, 2.05) is 4.90 Å². The minimum Gasteiger partial charge on any atom is -0.360 e. The first-order valence-corrected chi connectivity index (χ1v) is 8.20. The third-order valence-corrected chi connectivity index (χ3v) is 4.92. The molecule has 1 aliphatic heterocycles. The highest BCUT2D eigenvalue weighted by Crippen LogP contribution is 2.31. The molecule has 0 radical (unpaired) electrons. The highest BCUT2D eigenvalue weighted by Gasteiger charge is 2.34. The number of anilines is 1. The summed E-state index contributed by atoms with van der Waals surface area (Å²) in [6, 6.07) is 0.0360. The summed E-state index contributed by atoms with van der Waals surface area (Å²) in [5, 5.41) is 18.6. The molecular formula is C15H23N5O3. The van der Waals surface area contributed by atoms with Gasteiger partial charge in [-0.1, -0.05) is 12.8 Å². The first-order valence-electron chi connectivity index (χ1n) is 8.20. The van der Waals surface area contributed by atoms with E-state index < -0.39 is 4.92 Å². The average molecular weight is 321 g/mol. The molecule has 23 heavy (non-hydrogen) atoms. The van der Waals surface area contributed by atoms with Gasteiger partial charge in [0.1, 0.15) is 5.69 Å². The van der Waals surface area contributed by atoms with Crippen LogP contribution < -0.4 is 5.32 Å².